The van der Waals surface area contributed by atoms with Gasteiger partial charge < -0.3 is 14.6 Å². The van der Waals surface area contributed by atoms with Crippen LogP contribution in [0.2, 0.25) is 0 Å². The topological polar surface area (TPSA) is 59.0 Å². The zero-order valence-electron chi connectivity index (χ0n) is 19.6. The zero-order valence-corrected chi connectivity index (χ0v) is 19.6. The molecule has 2 saturated heterocycles. The molecule has 2 aliphatic heterocycles. The van der Waals surface area contributed by atoms with E-state index in [4.69, 9.17) is 9.47 Å². The minimum atomic E-state index is -1.35. The fraction of sp³-hybridized carbons (Fsp3) is 0.345. The predicted molar refractivity (Wildman–Crippen MR) is 130 cm³/mol. The van der Waals surface area contributed by atoms with Gasteiger partial charge in [0.2, 0.25) is 0 Å². The lowest BCUT2D eigenvalue weighted by atomic mass is 9.76. The lowest BCUT2D eigenvalue weighted by Gasteiger charge is -2.51. The van der Waals surface area contributed by atoms with Crippen LogP contribution in [0.5, 0.6) is 0 Å². The Morgan fingerprint density at radius 1 is 1.00 bits per heavy atom. The third-order valence-electron chi connectivity index (χ3n) is 7.79. The van der Waals surface area contributed by atoms with Gasteiger partial charge in [0.1, 0.15) is 12.4 Å². The highest BCUT2D eigenvalue weighted by atomic mass is 19.1. The number of piperidine rings is 1. The van der Waals surface area contributed by atoms with Crippen LogP contribution >= 0.6 is 0 Å². The molecule has 1 N–H and O–H groups in total. The number of fused-ring (bicyclic) bond motifs is 5. The van der Waals surface area contributed by atoms with Crippen LogP contribution in [0.15, 0.2) is 66.7 Å². The quantitative estimate of drug-likeness (QED) is 0.573. The smallest absolute Gasteiger partial charge is 0.410 e. The van der Waals surface area contributed by atoms with Crippen LogP contribution in [-0.2, 0) is 15.1 Å². The first-order chi connectivity index (χ1) is 17.0. The van der Waals surface area contributed by atoms with Gasteiger partial charge in [0.05, 0.1) is 30.9 Å². The van der Waals surface area contributed by atoms with Crippen LogP contribution in [0.4, 0.5) is 9.18 Å². The molecule has 5 nitrogen and oxygen atoms in total. The Labute approximate surface area is 204 Å². The molecule has 2 heterocycles. The van der Waals surface area contributed by atoms with Crippen molar-refractivity contribution >= 4 is 6.09 Å². The van der Waals surface area contributed by atoms with Gasteiger partial charge in [-0.1, -0.05) is 66.7 Å². The van der Waals surface area contributed by atoms with E-state index in [0.717, 1.165) is 11.1 Å². The number of rotatable bonds is 3. The van der Waals surface area contributed by atoms with Gasteiger partial charge in [-0.2, -0.15) is 0 Å². The molecule has 35 heavy (non-hydrogen) atoms. The second-order valence-electron chi connectivity index (χ2n) is 9.93. The molecule has 0 saturated carbocycles. The van der Waals surface area contributed by atoms with Gasteiger partial charge in [0.15, 0.2) is 0 Å². The lowest BCUT2D eigenvalue weighted by molar-refractivity contribution is -0.137. The van der Waals surface area contributed by atoms with Crippen molar-refractivity contribution in [2.24, 2.45) is 0 Å². The molecule has 3 aromatic rings. The average molecular weight is 474 g/mol. The van der Waals surface area contributed by atoms with Crippen LogP contribution in [-0.4, -0.2) is 48.0 Å². The molecule has 3 aromatic carbocycles. The Balaban J connectivity index is 1.22. The number of halogens is 1. The van der Waals surface area contributed by atoms with E-state index in [9.17, 15) is 14.3 Å². The predicted octanol–water partition coefficient (Wildman–Crippen LogP) is 5.13. The summed E-state index contributed by atoms with van der Waals surface area (Å²) in [7, 11) is 0. The van der Waals surface area contributed by atoms with E-state index >= 15 is 0 Å². The Hall–Kier alpha value is -3.22. The average Bonchev–Trinajstić information content (AvgIpc) is 3.17. The summed E-state index contributed by atoms with van der Waals surface area (Å²) < 4.78 is 26.5. The van der Waals surface area contributed by atoms with Crippen LogP contribution in [0.1, 0.15) is 41.0 Å². The molecular weight excluding hydrogens is 445 g/mol. The number of aryl methyl sites for hydroxylation is 1. The van der Waals surface area contributed by atoms with Gasteiger partial charge in [0, 0.05) is 24.3 Å². The van der Waals surface area contributed by atoms with Crippen LogP contribution in [0.25, 0.3) is 11.1 Å². The Morgan fingerprint density at radius 2 is 1.60 bits per heavy atom. The first kappa shape index (κ1) is 22.3. The molecule has 2 bridgehead atoms. The summed E-state index contributed by atoms with van der Waals surface area (Å²) in [6, 6.07) is 20.8. The molecule has 6 heteroatoms. The van der Waals surface area contributed by atoms with Gasteiger partial charge in [-0.15, -0.1) is 0 Å². The molecule has 2 unspecified atom stereocenters. The monoisotopic (exact) mass is 473 g/mol. The molecular formula is C29H28FNO4. The number of hydrogen-bond acceptors (Lipinski definition) is 4. The summed E-state index contributed by atoms with van der Waals surface area (Å²) in [5.41, 5.74) is 4.11. The number of aliphatic hydroxyl groups is 1. The Morgan fingerprint density at radius 3 is 2.23 bits per heavy atom. The third kappa shape index (κ3) is 3.63. The van der Waals surface area contributed by atoms with Crippen molar-refractivity contribution in [3.8, 4) is 11.1 Å². The maximum absolute atomic E-state index is 14.9. The van der Waals surface area contributed by atoms with E-state index in [1.54, 1.807) is 30.0 Å². The normalized spacial score (nSPS) is 25.2. The van der Waals surface area contributed by atoms with Crippen molar-refractivity contribution in [1.29, 1.82) is 0 Å². The van der Waals surface area contributed by atoms with Gasteiger partial charge in [-0.3, -0.25) is 4.90 Å². The van der Waals surface area contributed by atoms with E-state index in [1.807, 2.05) is 24.3 Å². The second kappa shape index (κ2) is 8.47. The number of benzene rings is 3. The minimum absolute atomic E-state index is 0.0226. The Kier molecular flexibility index (Phi) is 5.38. The SMILES string of the molecule is Cc1cccc(C2(O)CC3COCC(C2)N3C(=O)OCC2c3ccccc3-c3ccccc32)c1F. The molecule has 3 aliphatic rings. The van der Waals surface area contributed by atoms with E-state index < -0.39 is 11.7 Å². The summed E-state index contributed by atoms with van der Waals surface area (Å²) in [5, 5.41) is 11.5. The van der Waals surface area contributed by atoms with Crippen molar-refractivity contribution in [3.05, 3.63) is 94.8 Å². The highest BCUT2D eigenvalue weighted by Crippen LogP contribution is 2.45. The fourth-order valence-corrected chi connectivity index (χ4v) is 6.17. The van der Waals surface area contributed by atoms with E-state index in [0.29, 0.717) is 11.1 Å². The summed E-state index contributed by atoms with van der Waals surface area (Å²) in [5.74, 6) is -0.408. The third-order valence-corrected chi connectivity index (χ3v) is 7.79. The number of carbonyl (C=O) groups excluding carboxylic acids is 1. The highest BCUT2D eigenvalue weighted by Gasteiger charge is 2.50. The standard InChI is InChI=1S/C29H28FNO4/c1-18-7-6-12-26(27(18)30)29(33)13-19-15-34-16-20(14-29)31(19)28(32)35-17-25-23-10-4-2-8-21(23)22-9-3-5-11-24(22)25/h2-12,19-20,25,33H,13-17H2,1H3. The van der Waals surface area contributed by atoms with Crippen molar-refractivity contribution < 1.29 is 23.8 Å². The van der Waals surface area contributed by atoms with Crippen LogP contribution in [0, 0.1) is 12.7 Å². The van der Waals surface area contributed by atoms with Gasteiger partial charge in [-0.25, -0.2) is 9.18 Å². The summed E-state index contributed by atoms with van der Waals surface area (Å²) in [4.78, 5) is 15.1. The maximum atomic E-state index is 14.9. The molecule has 1 amide bonds. The first-order valence-electron chi connectivity index (χ1n) is 12.2. The highest BCUT2D eigenvalue weighted by molar-refractivity contribution is 5.79. The number of nitrogens with zero attached hydrogens (tertiary/aromatic N) is 1. The van der Waals surface area contributed by atoms with Gasteiger partial charge >= 0.3 is 6.09 Å². The fourth-order valence-electron chi connectivity index (χ4n) is 6.17. The van der Waals surface area contributed by atoms with Crippen LogP contribution in [0.3, 0.4) is 0 Å². The molecule has 0 spiro atoms. The van der Waals surface area contributed by atoms with Crippen LogP contribution < -0.4 is 0 Å². The van der Waals surface area contributed by atoms with Crippen molar-refractivity contribution in [3.63, 3.8) is 0 Å². The molecule has 180 valence electrons. The number of morpholine rings is 1. The van der Waals surface area contributed by atoms with Gasteiger partial charge in [0.25, 0.3) is 0 Å². The molecule has 6 rings (SSSR count). The molecule has 2 atom stereocenters. The molecule has 0 aromatic heterocycles. The number of amides is 1. The second-order valence-corrected chi connectivity index (χ2v) is 9.93. The lowest BCUT2D eigenvalue weighted by Crippen LogP contribution is -2.62. The minimum Gasteiger partial charge on any atom is -0.448 e. The molecule has 1 aliphatic carbocycles. The summed E-state index contributed by atoms with van der Waals surface area (Å²) in [6.07, 6.45) is -0.000725. The number of carbonyl (C=O) groups is 1. The first-order valence-corrected chi connectivity index (χ1v) is 12.2. The summed E-state index contributed by atoms with van der Waals surface area (Å²) in [6.45, 7) is 2.51. The van der Waals surface area contributed by atoms with Crippen molar-refractivity contribution in [2.45, 2.75) is 43.4 Å². The van der Waals surface area contributed by atoms with E-state index in [2.05, 4.69) is 24.3 Å². The van der Waals surface area contributed by atoms with E-state index in [1.165, 1.54) is 11.1 Å². The Bertz CT molecular complexity index is 1230. The largest absolute Gasteiger partial charge is 0.448 e. The van der Waals surface area contributed by atoms with Crippen molar-refractivity contribution in [2.75, 3.05) is 19.8 Å². The van der Waals surface area contributed by atoms with E-state index in [-0.39, 0.29) is 56.5 Å². The number of hydrogen-bond donors (Lipinski definition) is 1. The van der Waals surface area contributed by atoms with Crippen molar-refractivity contribution in [1.82, 2.24) is 4.90 Å². The molecule has 0 radical (unpaired) electrons. The summed E-state index contributed by atoms with van der Waals surface area (Å²) >= 11 is 0. The molecule has 2 fully saturated rings. The maximum Gasteiger partial charge on any atom is 0.410 e. The zero-order chi connectivity index (χ0) is 24.2. The van der Waals surface area contributed by atoms with Gasteiger partial charge in [-0.05, 0) is 34.7 Å². The number of ether oxygens (including phenoxy) is 2.